The van der Waals surface area contributed by atoms with E-state index < -0.39 is 5.82 Å². The summed E-state index contributed by atoms with van der Waals surface area (Å²) in [6.45, 7) is 2.35. The predicted molar refractivity (Wildman–Crippen MR) is 105 cm³/mol. The lowest BCUT2D eigenvalue weighted by Crippen LogP contribution is -2.22. The average molecular weight is 364 g/mol. The van der Waals surface area contributed by atoms with Crippen LogP contribution in [-0.4, -0.2) is 10.9 Å². The van der Waals surface area contributed by atoms with Gasteiger partial charge in [-0.15, -0.1) is 0 Å². The second-order valence-corrected chi connectivity index (χ2v) is 5.94. The zero-order valence-electron chi connectivity index (χ0n) is 15.0. The molecule has 3 rings (SSSR count). The van der Waals surface area contributed by atoms with Crippen molar-refractivity contribution >= 4 is 11.6 Å². The van der Waals surface area contributed by atoms with Crippen molar-refractivity contribution in [1.82, 2.24) is 4.98 Å². The molecular formula is C21H21FN4O. The highest BCUT2D eigenvalue weighted by Gasteiger charge is 2.06. The highest BCUT2D eigenvalue weighted by Crippen LogP contribution is 2.24. The molecule has 0 saturated carbocycles. The van der Waals surface area contributed by atoms with Crippen molar-refractivity contribution in [1.29, 1.82) is 0 Å². The molecule has 3 aromatic rings. The number of hydrogen-bond donors (Lipinski definition) is 2. The van der Waals surface area contributed by atoms with Gasteiger partial charge in [0.15, 0.2) is 17.5 Å². The zero-order valence-corrected chi connectivity index (χ0v) is 15.0. The summed E-state index contributed by atoms with van der Waals surface area (Å²) in [5.74, 6) is 0.427. The Kier molecular flexibility index (Phi) is 5.99. The molecule has 0 aliphatic carbocycles. The third-order valence-corrected chi connectivity index (χ3v) is 3.90. The summed E-state index contributed by atoms with van der Waals surface area (Å²) in [4.78, 5) is 8.20. The van der Waals surface area contributed by atoms with Crippen molar-refractivity contribution in [3.05, 3.63) is 83.9 Å². The van der Waals surface area contributed by atoms with Crippen LogP contribution in [0.5, 0.6) is 11.5 Å². The summed E-state index contributed by atoms with van der Waals surface area (Å²) in [7, 11) is 0. The van der Waals surface area contributed by atoms with Gasteiger partial charge in [-0.25, -0.2) is 9.38 Å². The molecule has 0 radical (unpaired) electrons. The molecule has 6 heteroatoms. The van der Waals surface area contributed by atoms with Gasteiger partial charge < -0.3 is 15.8 Å². The zero-order chi connectivity index (χ0) is 19.1. The van der Waals surface area contributed by atoms with Gasteiger partial charge in [0.05, 0.1) is 12.7 Å². The van der Waals surface area contributed by atoms with E-state index in [-0.39, 0.29) is 18.3 Å². The van der Waals surface area contributed by atoms with Crippen molar-refractivity contribution in [2.24, 2.45) is 10.7 Å². The molecule has 0 bridgehead atoms. The Balaban J connectivity index is 1.63. The van der Waals surface area contributed by atoms with Crippen LogP contribution in [0.2, 0.25) is 0 Å². The second-order valence-electron chi connectivity index (χ2n) is 5.94. The third kappa shape index (κ3) is 5.28. The van der Waals surface area contributed by atoms with Gasteiger partial charge in [-0.3, -0.25) is 4.98 Å². The number of aliphatic imine (C=N–C) groups is 1. The standard InChI is InChI=1S/C21H21FN4O/c1-2-15-5-3-6-17(11-15)26-21(23)25-13-16-8-9-20(19(22)12-16)27-18-7-4-10-24-14-18/h3-12,14H,2,13H2,1H3,(H3,23,25,26). The predicted octanol–water partition coefficient (Wildman–Crippen LogP) is 4.50. The van der Waals surface area contributed by atoms with Crippen LogP contribution in [0.3, 0.4) is 0 Å². The molecule has 0 unspecified atom stereocenters. The summed E-state index contributed by atoms with van der Waals surface area (Å²) in [6, 6.07) is 16.1. The van der Waals surface area contributed by atoms with Crippen LogP contribution in [-0.2, 0) is 13.0 Å². The normalized spacial score (nSPS) is 11.3. The van der Waals surface area contributed by atoms with Crippen molar-refractivity contribution in [3.63, 3.8) is 0 Å². The van der Waals surface area contributed by atoms with Gasteiger partial charge in [-0.1, -0.05) is 25.1 Å². The fourth-order valence-corrected chi connectivity index (χ4v) is 2.49. The lowest BCUT2D eigenvalue weighted by molar-refractivity contribution is 0.440. The summed E-state index contributed by atoms with van der Waals surface area (Å²) >= 11 is 0. The van der Waals surface area contributed by atoms with E-state index in [1.807, 2.05) is 18.2 Å². The summed E-state index contributed by atoms with van der Waals surface area (Å²) in [5, 5.41) is 3.05. The molecule has 0 aliphatic rings. The van der Waals surface area contributed by atoms with Crippen molar-refractivity contribution in [2.75, 3.05) is 5.32 Å². The van der Waals surface area contributed by atoms with E-state index in [9.17, 15) is 4.39 Å². The fraction of sp³-hybridized carbons (Fsp3) is 0.143. The third-order valence-electron chi connectivity index (χ3n) is 3.90. The Morgan fingerprint density at radius 2 is 2.04 bits per heavy atom. The molecule has 0 spiro atoms. The maximum Gasteiger partial charge on any atom is 0.193 e. The van der Waals surface area contributed by atoms with Crippen LogP contribution in [0.4, 0.5) is 10.1 Å². The summed E-state index contributed by atoms with van der Waals surface area (Å²) in [5.41, 5.74) is 8.71. The van der Waals surface area contributed by atoms with E-state index in [0.29, 0.717) is 11.3 Å². The average Bonchev–Trinajstić information content (AvgIpc) is 2.69. The molecule has 0 aliphatic heterocycles. The Morgan fingerprint density at radius 3 is 2.78 bits per heavy atom. The largest absolute Gasteiger partial charge is 0.453 e. The van der Waals surface area contributed by atoms with Gasteiger partial charge in [0.2, 0.25) is 0 Å². The maximum absolute atomic E-state index is 14.2. The topological polar surface area (TPSA) is 72.5 Å². The highest BCUT2D eigenvalue weighted by molar-refractivity contribution is 5.92. The smallest absolute Gasteiger partial charge is 0.193 e. The molecule has 1 aromatic heterocycles. The van der Waals surface area contributed by atoms with Crippen LogP contribution in [0.25, 0.3) is 0 Å². The number of ether oxygens (including phenoxy) is 1. The van der Waals surface area contributed by atoms with Gasteiger partial charge >= 0.3 is 0 Å². The minimum atomic E-state index is -0.464. The SMILES string of the molecule is CCc1cccc(NC(N)=NCc2ccc(Oc3cccnc3)c(F)c2)c1. The van der Waals surface area contributed by atoms with Crippen molar-refractivity contribution in [3.8, 4) is 11.5 Å². The number of rotatable bonds is 6. The molecule has 3 N–H and O–H groups in total. The molecule has 2 aromatic carbocycles. The van der Waals surface area contributed by atoms with Gasteiger partial charge in [0.1, 0.15) is 5.75 Å². The molecule has 0 atom stereocenters. The Bertz CT molecular complexity index is 928. The first-order valence-electron chi connectivity index (χ1n) is 8.66. The minimum Gasteiger partial charge on any atom is -0.453 e. The monoisotopic (exact) mass is 364 g/mol. The molecule has 27 heavy (non-hydrogen) atoms. The van der Waals surface area contributed by atoms with E-state index in [1.54, 1.807) is 30.5 Å². The van der Waals surface area contributed by atoms with E-state index in [2.05, 4.69) is 28.3 Å². The molecule has 138 valence electrons. The minimum absolute atomic E-state index is 0.137. The number of aryl methyl sites for hydroxylation is 1. The molecule has 5 nitrogen and oxygen atoms in total. The van der Waals surface area contributed by atoms with E-state index >= 15 is 0 Å². The molecule has 1 heterocycles. The number of aromatic nitrogens is 1. The highest BCUT2D eigenvalue weighted by atomic mass is 19.1. The number of benzene rings is 2. The molecule has 0 fully saturated rings. The van der Waals surface area contributed by atoms with Gasteiger partial charge in [-0.05, 0) is 53.9 Å². The van der Waals surface area contributed by atoms with Crippen LogP contribution >= 0.6 is 0 Å². The number of nitrogens with one attached hydrogen (secondary N) is 1. The number of hydrogen-bond acceptors (Lipinski definition) is 3. The van der Waals surface area contributed by atoms with E-state index in [0.717, 1.165) is 12.1 Å². The number of nitrogens with zero attached hydrogens (tertiary/aromatic N) is 2. The first-order chi connectivity index (χ1) is 13.1. The van der Waals surface area contributed by atoms with Gasteiger partial charge in [0.25, 0.3) is 0 Å². The van der Waals surface area contributed by atoms with Gasteiger partial charge in [0, 0.05) is 11.9 Å². The van der Waals surface area contributed by atoms with Crippen LogP contribution in [0.15, 0.2) is 72.0 Å². The fourth-order valence-electron chi connectivity index (χ4n) is 2.49. The molecule has 0 saturated heterocycles. The quantitative estimate of drug-likeness (QED) is 0.499. The Labute approximate surface area is 157 Å². The van der Waals surface area contributed by atoms with Crippen LogP contribution < -0.4 is 15.8 Å². The van der Waals surface area contributed by atoms with Crippen LogP contribution in [0, 0.1) is 5.82 Å². The lowest BCUT2D eigenvalue weighted by Gasteiger charge is -2.08. The summed E-state index contributed by atoms with van der Waals surface area (Å²) in [6.07, 6.45) is 4.10. The summed E-state index contributed by atoms with van der Waals surface area (Å²) < 4.78 is 19.7. The maximum atomic E-state index is 14.2. The number of pyridine rings is 1. The number of guanidine groups is 1. The Morgan fingerprint density at radius 1 is 1.15 bits per heavy atom. The first-order valence-corrected chi connectivity index (χ1v) is 8.66. The first kappa shape index (κ1) is 18.4. The lowest BCUT2D eigenvalue weighted by atomic mass is 10.1. The number of nitrogens with two attached hydrogens (primary N) is 1. The van der Waals surface area contributed by atoms with Crippen molar-refractivity contribution in [2.45, 2.75) is 19.9 Å². The molecular weight excluding hydrogens is 343 g/mol. The van der Waals surface area contributed by atoms with E-state index in [1.165, 1.54) is 17.8 Å². The Hall–Kier alpha value is -3.41. The van der Waals surface area contributed by atoms with Gasteiger partial charge in [-0.2, -0.15) is 0 Å². The van der Waals surface area contributed by atoms with Crippen LogP contribution in [0.1, 0.15) is 18.1 Å². The molecule has 0 amide bonds. The number of anilines is 1. The second kappa shape index (κ2) is 8.80. The van der Waals surface area contributed by atoms with E-state index in [4.69, 9.17) is 10.5 Å². The van der Waals surface area contributed by atoms with Crippen molar-refractivity contribution < 1.29 is 9.13 Å². The number of halogens is 1.